The summed E-state index contributed by atoms with van der Waals surface area (Å²) in [5.41, 5.74) is 0.778. The van der Waals surface area contributed by atoms with Gasteiger partial charge in [0.2, 0.25) is 5.91 Å². The van der Waals surface area contributed by atoms with Crippen LogP contribution in [-0.2, 0) is 4.79 Å². The molecule has 1 saturated carbocycles. The van der Waals surface area contributed by atoms with Crippen LogP contribution in [0.4, 0.5) is 5.82 Å². The lowest BCUT2D eigenvalue weighted by molar-refractivity contribution is -0.118. The summed E-state index contributed by atoms with van der Waals surface area (Å²) in [4.78, 5) is 19.8. The van der Waals surface area contributed by atoms with E-state index in [0.717, 1.165) is 24.2 Å². The average molecular weight is 255 g/mol. The van der Waals surface area contributed by atoms with Gasteiger partial charge < -0.3 is 10.6 Å². The Labute approximate surface area is 105 Å². The second kappa shape index (κ2) is 4.87. The molecule has 2 rings (SSSR count). The molecule has 1 aliphatic carbocycles. The van der Waals surface area contributed by atoms with E-state index in [0.29, 0.717) is 16.9 Å². The molecule has 0 aliphatic heterocycles. The fraction of sp³-hybridized carbons (Fsp3) is 0.545. The summed E-state index contributed by atoms with van der Waals surface area (Å²) in [5, 5.41) is 5.98. The van der Waals surface area contributed by atoms with Crippen molar-refractivity contribution in [2.24, 2.45) is 0 Å². The minimum Gasteiger partial charge on any atom is -0.361 e. The number of amides is 1. The summed E-state index contributed by atoms with van der Waals surface area (Å²) in [6.45, 7) is 2.03. The average Bonchev–Trinajstić information content (AvgIpc) is 3.14. The first-order chi connectivity index (χ1) is 8.11. The molecule has 92 valence electrons. The van der Waals surface area contributed by atoms with Crippen molar-refractivity contribution in [1.29, 1.82) is 0 Å². The third-order valence-electron chi connectivity index (χ3n) is 2.74. The highest BCUT2D eigenvalue weighted by molar-refractivity contribution is 6.30. The summed E-state index contributed by atoms with van der Waals surface area (Å²) >= 11 is 6.05. The first kappa shape index (κ1) is 12.1. The summed E-state index contributed by atoms with van der Waals surface area (Å²) in [5.74, 6) is 1.77. The molecule has 0 unspecified atom stereocenters. The van der Waals surface area contributed by atoms with Crippen LogP contribution in [0.25, 0.3) is 0 Å². The molecule has 0 spiro atoms. The number of aromatic nitrogens is 2. The minimum atomic E-state index is -0.0906. The van der Waals surface area contributed by atoms with Gasteiger partial charge in [-0.15, -0.1) is 0 Å². The highest BCUT2D eigenvalue weighted by Gasteiger charge is 2.28. The maximum atomic E-state index is 11.2. The van der Waals surface area contributed by atoms with Crippen LogP contribution in [0.15, 0.2) is 0 Å². The molecular weight excluding hydrogens is 240 g/mol. The van der Waals surface area contributed by atoms with Crippen molar-refractivity contribution >= 4 is 23.3 Å². The minimum absolute atomic E-state index is 0.0906. The predicted molar refractivity (Wildman–Crippen MR) is 66.3 cm³/mol. The number of nitrogens with one attached hydrogen (secondary N) is 2. The maximum Gasteiger partial charge on any atom is 0.239 e. The van der Waals surface area contributed by atoms with E-state index in [2.05, 4.69) is 20.6 Å². The molecule has 1 aliphatic rings. The Kier molecular flexibility index (Phi) is 3.47. The lowest BCUT2D eigenvalue weighted by Gasteiger charge is -2.10. The van der Waals surface area contributed by atoms with Crippen LogP contribution in [0.5, 0.6) is 0 Å². The molecule has 0 saturated heterocycles. The third-order valence-corrected chi connectivity index (χ3v) is 3.11. The second-order valence-corrected chi connectivity index (χ2v) is 4.51. The van der Waals surface area contributed by atoms with E-state index in [1.54, 1.807) is 7.05 Å². The van der Waals surface area contributed by atoms with Gasteiger partial charge in [0, 0.05) is 18.5 Å². The van der Waals surface area contributed by atoms with Crippen molar-refractivity contribution in [2.45, 2.75) is 25.7 Å². The normalized spacial score (nSPS) is 14.5. The van der Waals surface area contributed by atoms with Gasteiger partial charge >= 0.3 is 0 Å². The summed E-state index contributed by atoms with van der Waals surface area (Å²) < 4.78 is 0. The zero-order valence-corrected chi connectivity index (χ0v) is 10.6. The SMILES string of the molecule is CNC(=O)CNc1nc(C2CC2)nc(Cl)c1C. The Hall–Kier alpha value is -1.36. The third kappa shape index (κ3) is 2.85. The van der Waals surface area contributed by atoms with E-state index >= 15 is 0 Å². The monoisotopic (exact) mass is 254 g/mol. The molecule has 1 aromatic rings. The van der Waals surface area contributed by atoms with Gasteiger partial charge in [0.25, 0.3) is 0 Å². The summed E-state index contributed by atoms with van der Waals surface area (Å²) in [6, 6.07) is 0. The van der Waals surface area contributed by atoms with Gasteiger partial charge in [-0.05, 0) is 19.8 Å². The number of rotatable bonds is 4. The van der Waals surface area contributed by atoms with Gasteiger partial charge in [0.1, 0.15) is 16.8 Å². The van der Waals surface area contributed by atoms with Crippen molar-refractivity contribution in [3.8, 4) is 0 Å². The highest BCUT2D eigenvalue weighted by Crippen LogP contribution is 2.39. The molecule has 1 fully saturated rings. The molecule has 1 amide bonds. The molecular formula is C11H15ClN4O. The van der Waals surface area contributed by atoms with Crippen LogP contribution in [0, 0.1) is 6.92 Å². The van der Waals surface area contributed by atoms with Crippen molar-refractivity contribution < 1.29 is 4.79 Å². The number of carbonyl (C=O) groups excluding carboxylic acids is 1. The van der Waals surface area contributed by atoms with E-state index in [1.165, 1.54) is 0 Å². The van der Waals surface area contributed by atoms with E-state index in [9.17, 15) is 4.79 Å². The first-order valence-electron chi connectivity index (χ1n) is 5.60. The van der Waals surface area contributed by atoms with Crippen LogP contribution in [0.3, 0.4) is 0 Å². The topological polar surface area (TPSA) is 66.9 Å². The molecule has 6 heteroatoms. The van der Waals surface area contributed by atoms with Gasteiger partial charge in [-0.25, -0.2) is 9.97 Å². The Morgan fingerprint density at radius 2 is 2.18 bits per heavy atom. The Morgan fingerprint density at radius 1 is 1.47 bits per heavy atom. The van der Waals surface area contributed by atoms with Crippen molar-refractivity contribution in [1.82, 2.24) is 15.3 Å². The van der Waals surface area contributed by atoms with Crippen LogP contribution in [0.1, 0.15) is 30.1 Å². The number of nitrogens with zero attached hydrogens (tertiary/aromatic N) is 2. The summed E-state index contributed by atoms with van der Waals surface area (Å²) in [7, 11) is 1.60. The largest absolute Gasteiger partial charge is 0.361 e. The number of hydrogen-bond acceptors (Lipinski definition) is 4. The molecule has 0 aromatic carbocycles. The van der Waals surface area contributed by atoms with E-state index < -0.39 is 0 Å². The molecule has 0 radical (unpaired) electrons. The number of halogens is 1. The molecule has 0 atom stereocenters. The number of likely N-dealkylation sites (N-methyl/N-ethyl adjacent to an activating group) is 1. The lowest BCUT2D eigenvalue weighted by Crippen LogP contribution is -2.26. The molecule has 2 N–H and O–H groups in total. The van der Waals surface area contributed by atoms with Gasteiger partial charge in [0.15, 0.2) is 0 Å². The Bertz CT molecular complexity index is 445. The van der Waals surface area contributed by atoms with Crippen molar-refractivity contribution in [3.05, 3.63) is 16.5 Å². The molecule has 17 heavy (non-hydrogen) atoms. The number of hydrogen-bond donors (Lipinski definition) is 2. The fourth-order valence-electron chi connectivity index (χ4n) is 1.45. The van der Waals surface area contributed by atoms with Crippen LogP contribution in [0.2, 0.25) is 5.15 Å². The van der Waals surface area contributed by atoms with Crippen molar-refractivity contribution in [2.75, 3.05) is 18.9 Å². The molecule has 0 bridgehead atoms. The van der Waals surface area contributed by atoms with Crippen LogP contribution < -0.4 is 10.6 Å². The van der Waals surface area contributed by atoms with Gasteiger partial charge in [-0.1, -0.05) is 11.6 Å². The summed E-state index contributed by atoms with van der Waals surface area (Å²) in [6.07, 6.45) is 2.24. The Morgan fingerprint density at radius 3 is 2.76 bits per heavy atom. The second-order valence-electron chi connectivity index (χ2n) is 4.15. The molecule has 5 nitrogen and oxygen atoms in total. The van der Waals surface area contributed by atoms with Gasteiger partial charge in [-0.2, -0.15) is 0 Å². The van der Waals surface area contributed by atoms with Crippen LogP contribution in [-0.4, -0.2) is 29.5 Å². The fourth-order valence-corrected chi connectivity index (χ4v) is 1.63. The van der Waals surface area contributed by atoms with Gasteiger partial charge in [0.05, 0.1) is 6.54 Å². The van der Waals surface area contributed by atoms with Crippen LogP contribution >= 0.6 is 11.6 Å². The van der Waals surface area contributed by atoms with E-state index in [-0.39, 0.29) is 12.5 Å². The molecule has 1 heterocycles. The standard InChI is InChI=1S/C11H15ClN4O/c1-6-9(12)15-11(7-3-4-7)16-10(6)14-5-8(17)13-2/h7H,3-5H2,1-2H3,(H,13,17)(H,14,15,16). The van der Waals surface area contributed by atoms with E-state index in [1.807, 2.05) is 6.92 Å². The highest BCUT2D eigenvalue weighted by atomic mass is 35.5. The zero-order valence-electron chi connectivity index (χ0n) is 9.88. The predicted octanol–water partition coefficient (Wildman–Crippen LogP) is 1.47. The quantitative estimate of drug-likeness (QED) is 0.799. The molecule has 1 aromatic heterocycles. The number of carbonyl (C=O) groups is 1. The first-order valence-corrected chi connectivity index (χ1v) is 5.98. The lowest BCUT2D eigenvalue weighted by atomic mass is 10.3. The maximum absolute atomic E-state index is 11.2. The Balaban J connectivity index is 2.16. The van der Waals surface area contributed by atoms with E-state index in [4.69, 9.17) is 11.6 Å². The van der Waals surface area contributed by atoms with Gasteiger partial charge in [-0.3, -0.25) is 4.79 Å². The van der Waals surface area contributed by atoms with Crippen molar-refractivity contribution in [3.63, 3.8) is 0 Å². The zero-order chi connectivity index (χ0) is 12.4. The number of anilines is 1. The smallest absolute Gasteiger partial charge is 0.239 e.